The van der Waals surface area contributed by atoms with Crippen LogP contribution in [0.1, 0.15) is 29.7 Å². The van der Waals surface area contributed by atoms with Crippen LogP contribution in [0.25, 0.3) is 5.65 Å². The second-order valence-corrected chi connectivity index (χ2v) is 6.34. The first-order chi connectivity index (χ1) is 11.9. The number of rotatable bonds is 4. The second-order valence-electron chi connectivity index (χ2n) is 5.90. The predicted octanol–water partition coefficient (Wildman–Crippen LogP) is 3.50. The van der Waals surface area contributed by atoms with Gasteiger partial charge in [0.15, 0.2) is 0 Å². The summed E-state index contributed by atoms with van der Waals surface area (Å²) in [5.41, 5.74) is 2.60. The molecular formula is C19H17ClN2O3. The lowest BCUT2D eigenvalue weighted by Crippen LogP contribution is -2.18. The molecule has 128 valence electrons. The van der Waals surface area contributed by atoms with E-state index in [0.29, 0.717) is 16.4 Å². The average Bonchev–Trinajstić information content (AvgIpc) is 2.60. The Kier molecular flexibility index (Phi) is 4.86. The number of hydrogen-bond donors (Lipinski definition) is 0. The number of aryl methyl sites for hydroxylation is 1. The molecule has 25 heavy (non-hydrogen) atoms. The number of hydrogen-bond acceptors (Lipinski definition) is 4. The van der Waals surface area contributed by atoms with Crippen molar-refractivity contribution in [2.24, 2.45) is 0 Å². The monoisotopic (exact) mass is 356 g/mol. The standard InChI is InChI=1S/C19H17ClN2O3/c1-12-3-5-14(6-4-12)13(2)19(24)25-11-16-9-18(23)22-10-15(20)7-8-17(22)21-16/h3-10,13H,11H2,1-2H3. The minimum absolute atomic E-state index is 0.0522. The lowest BCUT2D eigenvalue weighted by molar-refractivity contribution is -0.146. The maximum absolute atomic E-state index is 12.2. The zero-order valence-electron chi connectivity index (χ0n) is 13.9. The van der Waals surface area contributed by atoms with Gasteiger partial charge >= 0.3 is 5.97 Å². The minimum Gasteiger partial charge on any atom is -0.459 e. The predicted molar refractivity (Wildman–Crippen MR) is 95.9 cm³/mol. The van der Waals surface area contributed by atoms with Crippen LogP contribution in [0.5, 0.6) is 0 Å². The van der Waals surface area contributed by atoms with Gasteiger partial charge in [-0.3, -0.25) is 14.0 Å². The summed E-state index contributed by atoms with van der Waals surface area (Å²) in [6, 6.07) is 12.4. The highest BCUT2D eigenvalue weighted by Gasteiger charge is 2.17. The van der Waals surface area contributed by atoms with Gasteiger partial charge in [-0.2, -0.15) is 0 Å². The van der Waals surface area contributed by atoms with Gasteiger partial charge in [0.1, 0.15) is 12.3 Å². The molecule has 1 aromatic carbocycles. The van der Waals surface area contributed by atoms with Gasteiger partial charge < -0.3 is 4.74 Å². The van der Waals surface area contributed by atoms with Crippen LogP contribution in [-0.2, 0) is 16.1 Å². The molecule has 1 unspecified atom stereocenters. The summed E-state index contributed by atoms with van der Waals surface area (Å²) in [6.45, 7) is 3.73. The summed E-state index contributed by atoms with van der Waals surface area (Å²) < 4.78 is 6.68. The Hall–Kier alpha value is -2.66. The molecule has 0 radical (unpaired) electrons. The normalized spacial score (nSPS) is 12.1. The molecule has 0 fully saturated rings. The van der Waals surface area contributed by atoms with E-state index in [1.807, 2.05) is 31.2 Å². The highest BCUT2D eigenvalue weighted by atomic mass is 35.5. The van der Waals surface area contributed by atoms with Gasteiger partial charge in [-0.15, -0.1) is 0 Å². The molecule has 3 aromatic rings. The quantitative estimate of drug-likeness (QED) is 0.671. The van der Waals surface area contributed by atoms with Gasteiger partial charge in [0.05, 0.1) is 16.6 Å². The van der Waals surface area contributed by atoms with Crippen LogP contribution in [0.4, 0.5) is 0 Å². The van der Waals surface area contributed by atoms with Crippen molar-refractivity contribution in [1.82, 2.24) is 9.38 Å². The van der Waals surface area contributed by atoms with Crippen LogP contribution < -0.4 is 5.56 Å². The van der Waals surface area contributed by atoms with Gasteiger partial charge in [0, 0.05) is 12.3 Å². The second kappa shape index (κ2) is 7.07. The van der Waals surface area contributed by atoms with Crippen molar-refractivity contribution in [2.45, 2.75) is 26.4 Å². The fourth-order valence-electron chi connectivity index (χ4n) is 2.46. The third-order valence-corrected chi connectivity index (χ3v) is 4.19. The van der Waals surface area contributed by atoms with E-state index in [4.69, 9.17) is 16.3 Å². The number of esters is 1. The smallest absolute Gasteiger partial charge is 0.313 e. The van der Waals surface area contributed by atoms with E-state index < -0.39 is 0 Å². The van der Waals surface area contributed by atoms with Crippen molar-refractivity contribution >= 4 is 23.2 Å². The lowest BCUT2D eigenvalue weighted by atomic mass is 10.0. The Morgan fingerprint density at radius 3 is 2.68 bits per heavy atom. The first-order valence-corrected chi connectivity index (χ1v) is 8.23. The molecule has 0 bridgehead atoms. The molecule has 2 heterocycles. The molecule has 6 heteroatoms. The minimum atomic E-state index is -0.388. The zero-order valence-corrected chi connectivity index (χ0v) is 14.7. The van der Waals surface area contributed by atoms with E-state index >= 15 is 0 Å². The molecule has 5 nitrogen and oxygen atoms in total. The van der Waals surface area contributed by atoms with Crippen LogP contribution >= 0.6 is 11.6 Å². The van der Waals surface area contributed by atoms with Gasteiger partial charge in [-0.1, -0.05) is 41.4 Å². The third-order valence-electron chi connectivity index (χ3n) is 3.97. The molecule has 0 N–H and O–H groups in total. The highest BCUT2D eigenvalue weighted by Crippen LogP contribution is 2.18. The van der Waals surface area contributed by atoms with Crippen molar-refractivity contribution in [3.05, 3.63) is 80.9 Å². The Balaban J connectivity index is 1.73. The van der Waals surface area contributed by atoms with Crippen molar-refractivity contribution < 1.29 is 9.53 Å². The van der Waals surface area contributed by atoms with E-state index in [9.17, 15) is 9.59 Å². The largest absolute Gasteiger partial charge is 0.459 e. The topological polar surface area (TPSA) is 60.7 Å². The summed E-state index contributed by atoms with van der Waals surface area (Å²) in [5, 5.41) is 0.447. The molecule has 0 amide bonds. The van der Waals surface area contributed by atoms with Crippen LogP contribution in [0.2, 0.25) is 5.02 Å². The maximum Gasteiger partial charge on any atom is 0.313 e. The van der Waals surface area contributed by atoms with Crippen LogP contribution in [0.15, 0.2) is 53.5 Å². The van der Waals surface area contributed by atoms with Gasteiger partial charge in [0.2, 0.25) is 0 Å². The Bertz CT molecular complexity index is 980. The van der Waals surface area contributed by atoms with Crippen molar-refractivity contribution in [2.75, 3.05) is 0 Å². The van der Waals surface area contributed by atoms with E-state index in [1.165, 1.54) is 16.7 Å². The zero-order chi connectivity index (χ0) is 18.0. The number of halogens is 1. The molecule has 3 rings (SSSR count). The Morgan fingerprint density at radius 2 is 1.96 bits per heavy atom. The van der Waals surface area contributed by atoms with Crippen LogP contribution in [0.3, 0.4) is 0 Å². The highest BCUT2D eigenvalue weighted by molar-refractivity contribution is 6.30. The third kappa shape index (κ3) is 3.88. The van der Waals surface area contributed by atoms with E-state index in [0.717, 1.165) is 11.1 Å². The number of pyridine rings is 1. The van der Waals surface area contributed by atoms with Crippen LogP contribution in [-0.4, -0.2) is 15.4 Å². The molecule has 0 saturated heterocycles. The van der Waals surface area contributed by atoms with E-state index in [1.54, 1.807) is 19.1 Å². The molecule has 0 aliphatic carbocycles. The summed E-state index contributed by atoms with van der Waals surface area (Å²) in [5.74, 6) is -0.747. The summed E-state index contributed by atoms with van der Waals surface area (Å²) in [4.78, 5) is 28.7. The van der Waals surface area contributed by atoms with E-state index in [-0.39, 0.29) is 24.1 Å². The number of ether oxygens (including phenoxy) is 1. The average molecular weight is 357 g/mol. The van der Waals surface area contributed by atoms with Crippen LogP contribution in [0, 0.1) is 6.92 Å². The molecule has 0 aliphatic rings. The maximum atomic E-state index is 12.2. The van der Waals surface area contributed by atoms with Crippen molar-refractivity contribution in [3.63, 3.8) is 0 Å². The number of carbonyl (C=O) groups is 1. The summed E-state index contributed by atoms with van der Waals surface area (Å²) in [6.07, 6.45) is 1.50. The lowest BCUT2D eigenvalue weighted by Gasteiger charge is -2.12. The van der Waals surface area contributed by atoms with Crippen molar-refractivity contribution in [3.8, 4) is 0 Å². The fraction of sp³-hybridized carbons (Fsp3) is 0.211. The fourth-order valence-corrected chi connectivity index (χ4v) is 2.62. The number of aromatic nitrogens is 2. The number of benzene rings is 1. The molecule has 0 aliphatic heterocycles. The molecule has 2 aromatic heterocycles. The number of carbonyl (C=O) groups excluding carboxylic acids is 1. The van der Waals surface area contributed by atoms with Crippen molar-refractivity contribution in [1.29, 1.82) is 0 Å². The molecular weight excluding hydrogens is 340 g/mol. The number of fused-ring (bicyclic) bond motifs is 1. The first-order valence-electron chi connectivity index (χ1n) is 7.85. The number of nitrogens with zero attached hydrogens (tertiary/aromatic N) is 2. The molecule has 1 atom stereocenters. The van der Waals surface area contributed by atoms with E-state index in [2.05, 4.69) is 4.98 Å². The summed E-state index contributed by atoms with van der Waals surface area (Å²) in [7, 11) is 0. The Morgan fingerprint density at radius 1 is 1.24 bits per heavy atom. The van der Waals surface area contributed by atoms with Gasteiger partial charge in [0.25, 0.3) is 5.56 Å². The Labute approximate surface area is 149 Å². The SMILES string of the molecule is Cc1ccc(C(C)C(=O)OCc2cc(=O)n3cc(Cl)ccc3n2)cc1. The molecule has 0 saturated carbocycles. The summed E-state index contributed by atoms with van der Waals surface area (Å²) >= 11 is 5.88. The van der Waals surface area contributed by atoms with Gasteiger partial charge in [-0.05, 0) is 31.5 Å². The van der Waals surface area contributed by atoms with Gasteiger partial charge in [-0.25, -0.2) is 4.98 Å². The molecule has 0 spiro atoms. The first kappa shape index (κ1) is 17.2.